The van der Waals surface area contributed by atoms with Crippen LogP contribution in [0.5, 0.6) is 0 Å². The van der Waals surface area contributed by atoms with Gasteiger partial charge in [-0.1, -0.05) is 43.9 Å². The summed E-state index contributed by atoms with van der Waals surface area (Å²) in [5.74, 6) is 0.297. The smallest absolute Gasteiger partial charge is 0.224 e. The lowest BCUT2D eigenvalue weighted by Crippen LogP contribution is -2.49. The van der Waals surface area contributed by atoms with Crippen LogP contribution in [-0.4, -0.2) is 60.4 Å². The van der Waals surface area contributed by atoms with E-state index in [2.05, 4.69) is 29.2 Å². The van der Waals surface area contributed by atoms with Gasteiger partial charge < -0.3 is 14.7 Å². The molecule has 2 amide bonds. The highest BCUT2D eigenvalue weighted by Gasteiger charge is 2.25. The number of carbonyl (C=O) groups is 2. The third-order valence-corrected chi connectivity index (χ3v) is 5.99. The van der Waals surface area contributed by atoms with Gasteiger partial charge in [0.2, 0.25) is 11.8 Å². The number of hydrogen-bond donors (Lipinski definition) is 0. The van der Waals surface area contributed by atoms with Crippen molar-refractivity contribution in [1.29, 1.82) is 0 Å². The molecule has 1 aromatic rings. The van der Waals surface area contributed by atoms with Gasteiger partial charge in [-0.05, 0) is 25.0 Å². The minimum Gasteiger partial charge on any atom is -0.368 e. The Kier molecular flexibility index (Phi) is 7.13. The number of rotatable bonds is 5. The lowest BCUT2D eigenvalue weighted by Gasteiger charge is -2.37. The lowest BCUT2D eigenvalue weighted by molar-refractivity contribution is -0.135. The van der Waals surface area contributed by atoms with Gasteiger partial charge in [0, 0.05) is 57.8 Å². The van der Waals surface area contributed by atoms with Gasteiger partial charge in [-0.25, -0.2) is 0 Å². The summed E-state index contributed by atoms with van der Waals surface area (Å²) in [7, 11) is 0. The Morgan fingerprint density at radius 1 is 0.963 bits per heavy atom. The molecule has 0 atom stereocenters. The monoisotopic (exact) mass is 371 g/mol. The highest BCUT2D eigenvalue weighted by Crippen LogP contribution is 2.22. The molecule has 0 radical (unpaired) electrons. The number of carbonyl (C=O) groups excluding carboxylic acids is 2. The fourth-order valence-electron chi connectivity index (χ4n) is 4.39. The summed E-state index contributed by atoms with van der Waals surface area (Å²) < 4.78 is 0. The van der Waals surface area contributed by atoms with E-state index in [9.17, 15) is 9.59 Å². The minimum atomic E-state index is 0.114. The molecule has 5 heteroatoms. The highest BCUT2D eigenvalue weighted by molar-refractivity contribution is 5.78. The average molecular weight is 372 g/mol. The molecule has 1 heterocycles. The summed E-state index contributed by atoms with van der Waals surface area (Å²) in [6.07, 6.45) is 7.56. The first-order valence-electron chi connectivity index (χ1n) is 10.5. The number of piperazine rings is 1. The molecule has 0 spiro atoms. The fourth-order valence-corrected chi connectivity index (χ4v) is 4.39. The van der Waals surface area contributed by atoms with Crippen LogP contribution in [0.25, 0.3) is 0 Å². The second kappa shape index (κ2) is 9.77. The van der Waals surface area contributed by atoms with Crippen molar-refractivity contribution in [3.63, 3.8) is 0 Å². The summed E-state index contributed by atoms with van der Waals surface area (Å²) in [6.45, 7) is 5.48. The molecule has 3 rings (SSSR count). The van der Waals surface area contributed by atoms with E-state index in [0.29, 0.717) is 19.0 Å². The van der Waals surface area contributed by atoms with E-state index in [1.807, 2.05) is 15.9 Å². The molecule has 2 fully saturated rings. The molecule has 1 aliphatic heterocycles. The predicted molar refractivity (Wildman–Crippen MR) is 109 cm³/mol. The summed E-state index contributed by atoms with van der Waals surface area (Å²) in [6, 6.07) is 10.7. The number of amides is 2. The first-order valence-corrected chi connectivity index (χ1v) is 10.5. The van der Waals surface area contributed by atoms with Crippen LogP contribution in [0, 0.1) is 0 Å². The minimum absolute atomic E-state index is 0.114. The zero-order valence-corrected chi connectivity index (χ0v) is 16.6. The van der Waals surface area contributed by atoms with Crippen LogP contribution in [0.1, 0.15) is 51.9 Å². The van der Waals surface area contributed by atoms with E-state index in [1.165, 1.54) is 31.4 Å². The molecule has 1 aliphatic carbocycles. The Morgan fingerprint density at radius 3 is 2.19 bits per heavy atom. The number of anilines is 1. The maximum Gasteiger partial charge on any atom is 0.224 e. The van der Waals surface area contributed by atoms with E-state index in [4.69, 9.17) is 0 Å². The van der Waals surface area contributed by atoms with Gasteiger partial charge in [-0.3, -0.25) is 9.59 Å². The topological polar surface area (TPSA) is 43.9 Å². The first-order chi connectivity index (χ1) is 13.1. The molecule has 1 saturated heterocycles. The van der Waals surface area contributed by atoms with Crippen LogP contribution < -0.4 is 4.90 Å². The van der Waals surface area contributed by atoms with Crippen molar-refractivity contribution in [3.8, 4) is 0 Å². The molecular formula is C22H33N3O2. The van der Waals surface area contributed by atoms with Crippen molar-refractivity contribution in [2.24, 2.45) is 0 Å². The number of benzene rings is 1. The highest BCUT2D eigenvalue weighted by atomic mass is 16.2. The van der Waals surface area contributed by atoms with Gasteiger partial charge in [0.15, 0.2) is 0 Å². The third-order valence-electron chi connectivity index (χ3n) is 5.99. The number of nitrogens with zero attached hydrogens (tertiary/aromatic N) is 3. The molecule has 5 nitrogen and oxygen atoms in total. The SMILES string of the molecule is CC(=O)N(CCC(=O)N1CCN(c2ccccc2)CC1)C1CCCCCC1. The van der Waals surface area contributed by atoms with Crippen LogP contribution in [0.3, 0.4) is 0 Å². The number of hydrogen-bond acceptors (Lipinski definition) is 3. The Labute approximate surface area is 163 Å². The van der Waals surface area contributed by atoms with Crippen LogP contribution in [0.15, 0.2) is 30.3 Å². The van der Waals surface area contributed by atoms with E-state index in [0.717, 1.165) is 39.0 Å². The van der Waals surface area contributed by atoms with Crippen LogP contribution >= 0.6 is 0 Å². The first kappa shape index (κ1) is 19.7. The Balaban J connectivity index is 1.47. The Hall–Kier alpha value is -2.04. The molecule has 1 aromatic carbocycles. The second-order valence-corrected chi connectivity index (χ2v) is 7.81. The molecule has 0 bridgehead atoms. The van der Waals surface area contributed by atoms with Gasteiger partial charge in [-0.2, -0.15) is 0 Å². The van der Waals surface area contributed by atoms with Crippen LogP contribution in [0.2, 0.25) is 0 Å². The summed E-state index contributed by atoms with van der Waals surface area (Å²) in [5, 5.41) is 0. The van der Waals surface area contributed by atoms with Crippen molar-refractivity contribution in [2.75, 3.05) is 37.6 Å². The van der Waals surface area contributed by atoms with E-state index >= 15 is 0 Å². The van der Waals surface area contributed by atoms with Gasteiger partial charge in [0.1, 0.15) is 0 Å². The predicted octanol–water partition coefficient (Wildman–Crippen LogP) is 3.30. The average Bonchev–Trinajstić information content (AvgIpc) is 2.98. The van der Waals surface area contributed by atoms with Crippen molar-refractivity contribution >= 4 is 17.5 Å². The van der Waals surface area contributed by atoms with E-state index < -0.39 is 0 Å². The zero-order valence-electron chi connectivity index (χ0n) is 16.6. The standard InChI is InChI=1S/C22H33N3O2/c1-19(26)25(21-11-5-2-3-6-12-21)14-13-22(27)24-17-15-23(16-18-24)20-9-7-4-8-10-20/h4,7-10,21H,2-3,5-6,11-18H2,1H3. The molecule has 0 unspecified atom stereocenters. The maximum absolute atomic E-state index is 12.7. The van der Waals surface area contributed by atoms with Gasteiger partial charge in [-0.15, -0.1) is 0 Å². The summed E-state index contributed by atoms with van der Waals surface area (Å²) in [4.78, 5) is 31.1. The molecule has 0 aromatic heterocycles. The molecule has 27 heavy (non-hydrogen) atoms. The summed E-state index contributed by atoms with van der Waals surface area (Å²) in [5.41, 5.74) is 1.22. The normalized spacial score (nSPS) is 18.9. The molecular weight excluding hydrogens is 338 g/mol. The van der Waals surface area contributed by atoms with Gasteiger partial charge in [0.25, 0.3) is 0 Å². The third kappa shape index (κ3) is 5.47. The van der Waals surface area contributed by atoms with Crippen molar-refractivity contribution < 1.29 is 9.59 Å². The Bertz CT molecular complexity index is 603. The van der Waals surface area contributed by atoms with E-state index in [-0.39, 0.29) is 11.8 Å². The molecule has 1 saturated carbocycles. The van der Waals surface area contributed by atoms with Gasteiger partial charge in [0.05, 0.1) is 0 Å². The van der Waals surface area contributed by atoms with Crippen LogP contribution in [0.4, 0.5) is 5.69 Å². The lowest BCUT2D eigenvalue weighted by atomic mass is 10.1. The van der Waals surface area contributed by atoms with Crippen molar-refractivity contribution in [3.05, 3.63) is 30.3 Å². The quantitative estimate of drug-likeness (QED) is 0.746. The summed E-state index contributed by atoms with van der Waals surface area (Å²) >= 11 is 0. The van der Waals surface area contributed by atoms with Crippen molar-refractivity contribution in [2.45, 2.75) is 57.9 Å². The van der Waals surface area contributed by atoms with Crippen LogP contribution in [-0.2, 0) is 9.59 Å². The second-order valence-electron chi connectivity index (χ2n) is 7.81. The molecule has 148 valence electrons. The fraction of sp³-hybridized carbons (Fsp3) is 0.636. The molecule has 2 aliphatic rings. The Morgan fingerprint density at radius 2 is 1.59 bits per heavy atom. The van der Waals surface area contributed by atoms with Crippen molar-refractivity contribution in [1.82, 2.24) is 9.80 Å². The largest absolute Gasteiger partial charge is 0.368 e. The zero-order chi connectivity index (χ0) is 19.1. The maximum atomic E-state index is 12.7. The van der Waals surface area contributed by atoms with E-state index in [1.54, 1.807) is 6.92 Å². The molecule has 0 N–H and O–H groups in total. The number of para-hydroxylation sites is 1. The van der Waals surface area contributed by atoms with Gasteiger partial charge >= 0.3 is 0 Å².